The molecule has 0 spiro atoms. The quantitative estimate of drug-likeness (QED) is 0.630. The SMILES string of the molecule is CC1(C)Cc2cccc(OCCNC(=O)c3nc(Cl)ccc3Cl)c2O1. The molecule has 0 saturated heterocycles. The summed E-state index contributed by atoms with van der Waals surface area (Å²) < 4.78 is 11.7. The molecule has 2 heterocycles. The van der Waals surface area contributed by atoms with E-state index in [0.717, 1.165) is 17.7 Å². The monoisotopic (exact) mass is 380 g/mol. The lowest BCUT2D eigenvalue weighted by Crippen LogP contribution is -2.29. The van der Waals surface area contributed by atoms with Crippen LogP contribution in [-0.4, -0.2) is 29.6 Å². The van der Waals surface area contributed by atoms with Gasteiger partial charge in [-0.15, -0.1) is 0 Å². The largest absolute Gasteiger partial charge is 0.488 e. The molecule has 1 aliphatic rings. The first kappa shape index (κ1) is 17.8. The summed E-state index contributed by atoms with van der Waals surface area (Å²) in [5.74, 6) is 1.06. The van der Waals surface area contributed by atoms with Crippen molar-refractivity contribution in [3.8, 4) is 11.5 Å². The zero-order valence-electron chi connectivity index (χ0n) is 13.9. The Morgan fingerprint density at radius 2 is 2.12 bits per heavy atom. The maximum atomic E-state index is 12.1. The zero-order chi connectivity index (χ0) is 18.0. The van der Waals surface area contributed by atoms with Gasteiger partial charge < -0.3 is 14.8 Å². The summed E-state index contributed by atoms with van der Waals surface area (Å²) in [7, 11) is 0. The molecule has 0 atom stereocenters. The lowest BCUT2D eigenvalue weighted by atomic mass is 10.0. The highest BCUT2D eigenvalue weighted by atomic mass is 35.5. The summed E-state index contributed by atoms with van der Waals surface area (Å²) >= 11 is 11.8. The van der Waals surface area contributed by atoms with E-state index in [0.29, 0.717) is 18.9 Å². The van der Waals surface area contributed by atoms with Crippen molar-refractivity contribution in [2.24, 2.45) is 0 Å². The van der Waals surface area contributed by atoms with Crippen molar-refractivity contribution in [3.05, 3.63) is 51.8 Å². The number of carbonyl (C=O) groups is 1. The second kappa shape index (κ2) is 7.10. The van der Waals surface area contributed by atoms with E-state index >= 15 is 0 Å². The molecule has 0 bridgehead atoms. The summed E-state index contributed by atoms with van der Waals surface area (Å²) in [6.45, 7) is 4.68. The Labute approximate surface area is 156 Å². The van der Waals surface area contributed by atoms with Crippen LogP contribution in [0.5, 0.6) is 11.5 Å². The molecule has 0 unspecified atom stereocenters. The fourth-order valence-corrected chi connectivity index (χ4v) is 3.03. The Balaban J connectivity index is 1.56. The second-order valence-corrected chi connectivity index (χ2v) is 7.15. The van der Waals surface area contributed by atoms with E-state index in [1.165, 1.54) is 12.1 Å². The Hall–Kier alpha value is -1.98. The van der Waals surface area contributed by atoms with Gasteiger partial charge in [-0.3, -0.25) is 4.79 Å². The van der Waals surface area contributed by atoms with E-state index in [9.17, 15) is 4.79 Å². The molecule has 0 aliphatic carbocycles. The van der Waals surface area contributed by atoms with Crippen LogP contribution in [0.3, 0.4) is 0 Å². The highest BCUT2D eigenvalue weighted by Gasteiger charge is 2.32. The molecule has 1 aromatic carbocycles. The van der Waals surface area contributed by atoms with Crippen molar-refractivity contribution < 1.29 is 14.3 Å². The number of nitrogens with one attached hydrogen (secondary N) is 1. The van der Waals surface area contributed by atoms with Crippen molar-refractivity contribution in [1.29, 1.82) is 0 Å². The zero-order valence-corrected chi connectivity index (χ0v) is 15.4. The molecule has 25 heavy (non-hydrogen) atoms. The minimum absolute atomic E-state index is 0.0971. The molecule has 7 heteroatoms. The van der Waals surface area contributed by atoms with E-state index in [2.05, 4.69) is 10.3 Å². The summed E-state index contributed by atoms with van der Waals surface area (Å²) in [5.41, 5.74) is 0.992. The molecule has 3 rings (SSSR count). The highest BCUT2D eigenvalue weighted by Crippen LogP contribution is 2.41. The summed E-state index contributed by atoms with van der Waals surface area (Å²) in [5, 5.41) is 3.17. The summed E-state index contributed by atoms with van der Waals surface area (Å²) in [6, 6.07) is 8.89. The van der Waals surface area contributed by atoms with Gasteiger partial charge >= 0.3 is 0 Å². The number of fused-ring (bicyclic) bond motifs is 1. The van der Waals surface area contributed by atoms with Gasteiger partial charge in [-0.1, -0.05) is 35.3 Å². The van der Waals surface area contributed by atoms with Gasteiger partial charge in [0.25, 0.3) is 5.91 Å². The Bertz CT molecular complexity index is 809. The first-order chi connectivity index (χ1) is 11.9. The van der Waals surface area contributed by atoms with Crippen LogP contribution in [0.25, 0.3) is 0 Å². The van der Waals surface area contributed by atoms with Crippen LogP contribution in [0.1, 0.15) is 29.9 Å². The molecule has 5 nitrogen and oxygen atoms in total. The van der Waals surface area contributed by atoms with Crippen LogP contribution in [0, 0.1) is 0 Å². The highest BCUT2D eigenvalue weighted by molar-refractivity contribution is 6.34. The van der Waals surface area contributed by atoms with E-state index in [1.54, 1.807) is 0 Å². The molecule has 2 aromatic rings. The maximum absolute atomic E-state index is 12.1. The average Bonchev–Trinajstić information content (AvgIpc) is 2.88. The normalized spacial score (nSPS) is 14.6. The summed E-state index contributed by atoms with van der Waals surface area (Å²) in [4.78, 5) is 16.0. The molecule has 1 aromatic heterocycles. The molecule has 1 amide bonds. The van der Waals surface area contributed by atoms with Crippen molar-refractivity contribution in [2.45, 2.75) is 25.9 Å². The number of carbonyl (C=O) groups excluding carboxylic acids is 1. The number of benzene rings is 1. The minimum Gasteiger partial charge on any atom is -0.488 e. The van der Waals surface area contributed by atoms with Gasteiger partial charge in [-0.2, -0.15) is 0 Å². The number of hydrogen-bond donors (Lipinski definition) is 1. The van der Waals surface area contributed by atoms with Crippen molar-refractivity contribution in [1.82, 2.24) is 10.3 Å². The first-order valence-electron chi connectivity index (χ1n) is 7.90. The number of ether oxygens (including phenoxy) is 2. The van der Waals surface area contributed by atoms with Gasteiger partial charge in [0.2, 0.25) is 0 Å². The van der Waals surface area contributed by atoms with Crippen LogP contribution in [0.4, 0.5) is 0 Å². The molecule has 0 saturated carbocycles. The lowest BCUT2D eigenvalue weighted by molar-refractivity contribution is 0.0941. The predicted molar refractivity (Wildman–Crippen MR) is 96.9 cm³/mol. The van der Waals surface area contributed by atoms with Crippen molar-refractivity contribution in [3.63, 3.8) is 0 Å². The number of halogens is 2. The van der Waals surface area contributed by atoms with Gasteiger partial charge in [0.1, 0.15) is 23.1 Å². The van der Waals surface area contributed by atoms with Crippen molar-refractivity contribution >= 4 is 29.1 Å². The fourth-order valence-electron chi connectivity index (χ4n) is 2.69. The average molecular weight is 381 g/mol. The number of rotatable bonds is 5. The van der Waals surface area contributed by atoms with E-state index in [4.69, 9.17) is 32.7 Å². The fraction of sp³-hybridized carbons (Fsp3) is 0.333. The molecule has 0 fully saturated rings. The Morgan fingerprint density at radius 1 is 1.32 bits per heavy atom. The van der Waals surface area contributed by atoms with Gasteiger partial charge in [0.05, 0.1) is 11.6 Å². The maximum Gasteiger partial charge on any atom is 0.271 e. The number of aromatic nitrogens is 1. The van der Waals surface area contributed by atoms with Gasteiger partial charge in [0, 0.05) is 12.0 Å². The van der Waals surface area contributed by atoms with Crippen molar-refractivity contribution in [2.75, 3.05) is 13.2 Å². The number of hydrogen-bond acceptors (Lipinski definition) is 4. The van der Waals surface area contributed by atoms with Crippen LogP contribution < -0.4 is 14.8 Å². The topological polar surface area (TPSA) is 60.5 Å². The molecule has 1 N–H and O–H groups in total. The third kappa shape index (κ3) is 4.17. The van der Waals surface area contributed by atoms with Crippen LogP contribution in [0.15, 0.2) is 30.3 Å². The first-order valence-corrected chi connectivity index (χ1v) is 8.65. The molecule has 132 valence electrons. The molecule has 0 radical (unpaired) electrons. The second-order valence-electron chi connectivity index (χ2n) is 6.35. The number of amides is 1. The molecular weight excluding hydrogens is 363 g/mol. The van der Waals surface area contributed by atoms with Crippen LogP contribution in [-0.2, 0) is 6.42 Å². The van der Waals surface area contributed by atoms with Crippen LogP contribution >= 0.6 is 23.2 Å². The number of para-hydroxylation sites is 1. The smallest absolute Gasteiger partial charge is 0.271 e. The minimum atomic E-state index is -0.397. The molecule has 1 aliphatic heterocycles. The summed E-state index contributed by atoms with van der Waals surface area (Å²) in [6.07, 6.45) is 0.842. The van der Waals surface area contributed by atoms with E-state index in [1.807, 2.05) is 32.0 Å². The molecular formula is C18H18Cl2N2O3. The van der Waals surface area contributed by atoms with Crippen LogP contribution in [0.2, 0.25) is 10.2 Å². The number of nitrogens with zero attached hydrogens (tertiary/aromatic N) is 1. The van der Waals surface area contributed by atoms with E-state index < -0.39 is 5.91 Å². The Morgan fingerprint density at radius 3 is 2.92 bits per heavy atom. The van der Waals surface area contributed by atoms with Gasteiger partial charge in [0.15, 0.2) is 11.5 Å². The number of pyridine rings is 1. The standard InChI is InChI=1S/C18H18Cl2N2O3/c1-18(2)10-11-4-3-5-13(16(11)25-18)24-9-8-21-17(23)15-12(19)6-7-14(20)22-15/h3-7H,8-10H2,1-2H3,(H,21,23). The lowest BCUT2D eigenvalue weighted by Gasteiger charge is -2.18. The predicted octanol–water partition coefficient (Wildman–Crippen LogP) is 3.91. The third-order valence-electron chi connectivity index (χ3n) is 3.73. The van der Waals surface area contributed by atoms with E-state index in [-0.39, 0.29) is 21.5 Å². The van der Waals surface area contributed by atoms with Gasteiger partial charge in [-0.25, -0.2) is 4.98 Å². The Kier molecular flexibility index (Phi) is 5.06. The van der Waals surface area contributed by atoms with Gasteiger partial charge in [-0.05, 0) is 32.0 Å². The third-order valence-corrected chi connectivity index (χ3v) is 4.24.